The maximum Gasteiger partial charge on any atom is 0.303 e. The summed E-state index contributed by atoms with van der Waals surface area (Å²) < 4.78 is 5.02. The van der Waals surface area contributed by atoms with Crippen LogP contribution in [0.15, 0.2) is 23.8 Å². The third-order valence-electron chi connectivity index (χ3n) is 8.74. The number of hydrogen-bond acceptors (Lipinski definition) is 4. The van der Waals surface area contributed by atoms with Gasteiger partial charge >= 0.3 is 5.97 Å². The highest BCUT2D eigenvalue weighted by molar-refractivity contribution is 5.92. The van der Waals surface area contributed by atoms with E-state index in [1.165, 1.54) is 12.5 Å². The molecule has 4 rings (SSSR count). The number of fused-ring (bicyclic) bond motifs is 5. The molecule has 0 aliphatic heterocycles. The Kier molecular flexibility index (Phi) is 4.67. The van der Waals surface area contributed by atoms with E-state index in [1.54, 1.807) is 0 Å². The molecule has 0 radical (unpaired) electrons. The Morgan fingerprint density at radius 3 is 2.64 bits per heavy atom. The summed E-state index contributed by atoms with van der Waals surface area (Å²) in [5.74, 6) is 1.53. The molecule has 0 N–H and O–H groups in total. The number of ether oxygens (including phenoxy) is 1. The van der Waals surface area contributed by atoms with Crippen LogP contribution in [-0.4, -0.2) is 24.1 Å². The van der Waals surface area contributed by atoms with Crippen LogP contribution in [0.25, 0.3) is 0 Å². The third-order valence-corrected chi connectivity index (χ3v) is 8.74. The van der Waals surface area contributed by atoms with Crippen molar-refractivity contribution in [1.29, 1.82) is 0 Å². The quantitative estimate of drug-likeness (QED) is 0.675. The minimum absolute atomic E-state index is 0.0104. The van der Waals surface area contributed by atoms with E-state index in [2.05, 4.69) is 20.4 Å². The number of ketones is 2. The highest BCUT2D eigenvalue weighted by atomic mass is 16.5. The topological polar surface area (TPSA) is 60.4 Å². The molecular formula is C24H32O4. The fourth-order valence-corrected chi connectivity index (χ4v) is 7.37. The Balaban J connectivity index is 1.60. The van der Waals surface area contributed by atoms with Crippen LogP contribution in [0.3, 0.4) is 0 Å². The first-order chi connectivity index (χ1) is 13.2. The first-order valence-electron chi connectivity index (χ1n) is 10.8. The van der Waals surface area contributed by atoms with Gasteiger partial charge in [0.05, 0.1) is 0 Å². The molecule has 4 aliphatic carbocycles. The minimum atomic E-state index is -0.389. The van der Waals surface area contributed by atoms with Gasteiger partial charge in [-0.25, -0.2) is 0 Å². The zero-order valence-corrected chi connectivity index (χ0v) is 17.4. The molecule has 6 atom stereocenters. The van der Waals surface area contributed by atoms with Crippen molar-refractivity contribution in [3.8, 4) is 0 Å². The van der Waals surface area contributed by atoms with E-state index in [-0.39, 0.29) is 40.9 Å². The van der Waals surface area contributed by atoms with Crippen LogP contribution in [0.5, 0.6) is 0 Å². The number of hydrogen-bond donors (Lipinski definition) is 0. The van der Waals surface area contributed by atoms with Crippen molar-refractivity contribution >= 4 is 17.5 Å². The fraction of sp³-hybridized carbons (Fsp3) is 0.708. The van der Waals surface area contributed by atoms with E-state index < -0.39 is 0 Å². The first kappa shape index (κ1) is 19.6. The van der Waals surface area contributed by atoms with E-state index in [0.717, 1.165) is 44.1 Å². The number of Topliss-reactive ketones (excluding diaryl/α,β-unsaturated/α-hetero) is 1. The van der Waals surface area contributed by atoms with Gasteiger partial charge in [0, 0.05) is 19.3 Å². The van der Waals surface area contributed by atoms with Gasteiger partial charge in [-0.3, -0.25) is 14.4 Å². The van der Waals surface area contributed by atoms with Crippen LogP contribution in [0.2, 0.25) is 0 Å². The lowest BCUT2D eigenvalue weighted by atomic mass is 9.46. The second-order valence-electron chi connectivity index (χ2n) is 10.0. The molecule has 0 aromatic heterocycles. The Bertz CT molecular complexity index is 777. The maximum atomic E-state index is 12.8. The monoisotopic (exact) mass is 384 g/mol. The summed E-state index contributed by atoms with van der Waals surface area (Å²) in [6.07, 6.45) is 8.49. The van der Waals surface area contributed by atoms with Gasteiger partial charge in [-0.1, -0.05) is 26.0 Å². The Hall–Kier alpha value is -1.71. The molecule has 3 fully saturated rings. The van der Waals surface area contributed by atoms with Gasteiger partial charge in [0.15, 0.2) is 11.6 Å². The zero-order valence-electron chi connectivity index (χ0n) is 17.4. The maximum absolute atomic E-state index is 12.8. The van der Waals surface area contributed by atoms with Gasteiger partial charge in [0.2, 0.25) is 0 Å². The largest absolute Gasteiger partial charge is 0.458 e. The number of carbonyl (C=O) groups is 3. The van der Waals surface area contributed by atoms with Gasteiger partial charge in [-0.2, -0.15) is 0 Å². The summed E-state index contributed by atoms with van der Waals surface area (Å²) in [6, 6.07) is 0. The van der Waals surface area contributed by atoms with E-state index in [4.69, 9.17) is 4.74 Å². The van der Waals surface area contributed by atoms with Crippen LogP contribution < -0.4 is 0 Å². The molecule has 4 heteroatoms. The Morgan fingerprint density at radius 1 is 1.18 bits per heavy atom. The number of allylic oxidation sites excluding steroid dienone is 2. The van der Waals surface area contributed by atoms with Crippen molar-refractivity contribution in [2.45, 2.75) is 65.7 Å². The van der Waals surface area contributed by atoms with Gasteiger partial charge in [0.25, 0.3) is 0 Å². The molecule has 0 amide bonds. The van der Waals surface area contributed by atoms with E-state index in [1.807, 2.05) is 6.08 Å². The van der Waals surface area contributed by atoms with Crippen LogP contribution >= 0.6 is 0 Å². The Morgan fingerprint density at radius 2 is 1.93 bits per heavy atom. The summed E-state index contributed by atoms with van der Waals surface area (Å²) in [4.78, 5) is 36.0. The van der Waals surface area contributed by atoms with Crippen LogP contribution in [0.1, 0.15) is 65.7 Å². The second-order valence-corrected chi connectivity index (χ2v) is 10.0. The molecule has 3 saturated carbocycles. The SMILES string of the molecule is C=C1C[C@H]2[C@@H]3CC[C@H](C(=O)COC(C)=O)[C@@]3(C)CC[C@@H]2[C@@]2(C)CCC(=O)C=C12. The minimum Gasteiger partial charge on any atom is -0.458 e. The van der Waals surface area contributed by atoms with Crippen molar-refractivity contribution in [3.05, 3.63) is 23.8 Å². The number of carbonyl (C=O) groups excluding carboxylic acids is 3. The summed E-state index contributed by atoms with van der Waals surface area (Å²) in [7, 11) is 0. The molecule has 0 aromatic carbocycles. The Labute approximate surface area is 167 Å². The highest BCUT2D eigenvalue weighted by Gasteiger charge is 2.60. The summed E-state index contributed by atoms with van der Waals surface area (Å²) in [6.45, 7) is 10.3. The molecule has 0 spiro atoms. The predicted octanol–water partition coefficient (Wildman–Crippen LogP) is 4.43. The van der Waals surface area contributed by atoms with Crippen LogP contribution in [0, 0.1) is 34.5 Å². The molecular weight excluding hydrogens is 352 g/mol. The zero-order chi connectivity index (χ0) is 20.3. The lowest BCUT2D eigenvalue weighted by Gasteiger charge is -2.58. The predicted molar refractivity (Wildman–Crippen MR) is 106 cm³/mol. The summed E-state index contributed by atoms with van der Waals surface area (Å²) >= 11 is 0. The average Bonchev–Trinajstić information content (AvgIpc) is 2.99. The summed E-state index contributed by atoms with van der Waals surface area (Å²) in [5.41, 5.74) is 2.38. The lowest BCUT2D eigenvalue weighted by Crippen LogP contribution is -2.51. The number of rotatable bonds is 3. The third kappa shape index (κ3) is 2.83. The van der Waals surface area contributed by atoms with Crippen LogP contribution in [-0.2, 0) is 19.1 Å². The second kappa shape index (κ2) is 6.67. The van der Waals surface area contributed by atoms with Gasteiger partial charge in [-0.05, 0) is 78.8 Å². The highest BCUT2D eigenvalue weighted by Crippen LogP contribution is 2.67. The molecule has 0 unspecified atom stereocenters. The van der Waals surface area contributed by atoms with Crippen molar-refractivity contribution in [3.63, 3.8) is 0 Å². The van der Waals surface area contributed by atoms with E-state index in [0.29, 0.717) is 24.2 Å². The standard InChI is InChI=1S/C24H32O4/c1-14-11-17-18-5-6-20(22(27)13-28-15(2)25)23(18,3)10-8-19(17)24(4)9-7-16(26)12-21(14)24/h12,17-20H,1,5-11,13H2,2-4H3/t17-,18-,19-,20+,23-,24+/m0/s1. The molecule has 4 nitrogen and oxygen atoms in total. The van der Waals surface area contributed by atoms with Crippen molar-refractivity contribution in [2.24, 2.45) is 34.5 Å². The molecule has 0 aromatic rings. The smallest absolute Gasteiger partial charge is 0.303 e. The molecule has 0 heterocycles. The van der Waals surface area contributed by atoms with Gasteiger partial charge < -0.3 is 4.74 Å². The molecule has 4 aliphatic rings. The first-order valence-corrected chi connectivity index (χ1v) is 10.8. The van der Waals surface area contributed by atoms with E-state index >= 15 is 0 Å². The molecule has 0 bridgehead atoms. The fourth-order valence-electron chi connectivity index (χ4n) is 7.37. The summed E-state index contributed by atoms with van der Waals surface area (Å²) in [5, 5.41) is 0. The molecule has 0 saturated heterocycles. The molecule has 152 valence electrons. The van der Waals surface area contributed by atoms with Crippen molar-refractivity contribution in [1.82, 2.24) is 0 Å². The van der Waals surface area contributed by atoms with Crippen molar-refractivity contribution < 1.29 is 19.1 Å². The lowest BCUT2D eigenvalue weighted by molar-refractivity contribution is -0.149. The van der Waals surface area contributed by atoms with Gasteiger partial charge in [0.1, 0.15) is 6.61 Å². The average molecular weight is 385 g/mol. The van der Waals surface area contributed by atoms with Crippen molar-refractivity contribution in [2.75, 3.05) is 6.61 Å². The normalized spacial score (nSPS) is 42.2. The van der Waals surface area contributed by atoms with E-state index in [9.17, 15) is 14.4 Å². The van der Waals surface area contributed by atoms with Gasteiger partial charge in [-0.15, -0.1) is 0 Å². The number of esters is 1. The molecule has 28 heavy (non-hydrogen) atoms. The van der Waals surface area contributed by atoms with Crippen LogP contribution in [0.4, 0.5) is 0 Å².